The number of rotatable bonds is 4. The average molecular weight is 373 g/mol. The number of phosphoric acid groups is 2. The molecule has 1 radical (unpaired) electrons. The Balaban J connectivity index is -0.000000376. The minimum atomic E-state index is -5.57. The zero-order valence-electron chi connectivity index (χ0n) is 6.98. The summed E-state index contributed by atoms with van der Waals surface area (Å²) in [6.45, 7) is 2.81. The zero-order valence-corrected chi connectivity index (χ0v) is 11.9. The summed E-state index contributed by atoms with van der Waals surface area (Å²) in [6, 6.07) is 0. The zero-order chi connectivity index (χ0) is 11.1. The molecule has 1 N–H and O–H groups in total. The molecule has 0 spiro atoms. The summed E-state index contributed by atoms with van der Waals surface area (Å²) in [5.41, 5.74) is 0. The smallest absolute Gasteiger partial charge is 0.789 e. The maximum absolute atomic E-state index is 10.2. The van der Waals surface area contributed by atoms with Crippen LogP contribution < -0.4 is 14.7 Å². The third-order valence-corrected chi connectivity index (χ3v) is 2.41. The van der Waals surface area contributed by atoms with Gasteiger partial charge in [-0.05, 0) is 0 Å². The molecule has 0 rings (SSSR count). The fourth-order valence-electron chi connectivity index (χ4n) is 0.233. The molecular weight excluding hydrogens is 366 g/mol. The van der Waals surface area contributed by atoms with Gasteiger partial charge >= 0.3 is 49.6 Å². The minimum Gasteiger partial charge on any atom is -0.789 e. The van der Waals surface area contributed by atoms with E-state index in [-0.39, 0.29) is 41.7 Å². The van der Waals surface area contributed by atoms with Crippen LogP contribution in [0.3, 0.4) is 0 Å². The van der Waals surface area contributed by atoms with E-state index in [2.05, 4.69) is 15.4 Å². The Kier molecular flexibility index (Phi) is 13.8. The van der Waals surface area contributed by atoms with Gasteiger partial charge in [-0.3, -0.25) is 8.88 Å². The molecule has 1 unspecified atom stereocenters. The standard InChI is InChI=1S/C2H6O7P2.CH4O.Ce/c1-2-8-11(6,7)9-10(3,4)5;1-2;/h2H,1H2,(H,6,7)(H2,3,4,5);2H,1H3;/q;;+3/p-3. The van der Waals surface area contributed by atoms with Crippen LogP contribution in [0.2, 0.25) is 0 Å². The van der Waals surface area contributed by atoms with Gasteiger partial charge in [0.05, 0.1) is 14.1 Å². The summed E-state index contributed by atoms with van der Waals surface area (Å²) < 4.78 is 26.5. The van der Waals surface area contributed by atoms with Crippen LogP contribution in [0.15, 0.2) is 12.8 Å². The summed E-state index contributed by atoms with van der Waals surface area (Å²) in [5, 5.41) is 7.00. The molecule has 0 amide bonds. The van der Waals surface area contributed by atoms with E-state index in [1.807, 2.05) is 0 Å². The number of phosphoric ester groups is 1. The molecule has 0 bridgehead atoms. The topological polar surface area (TPSA) is 142 Å². The van der Waals surface area contributed by atoms with Crippen LogP contribution in [-0.4, -0.2) is 12.2 Å². The molecule has 0 aromatic carbocycles. The Morgan fingerprint density at radius 3 is 1.86 bits per heavy atom. The van der Waals surface area contributed by atoms with Gasteiger partial charge in [0.1, 0.15) is 0 Å². The summed E-state index contributed by atoms with van der Waals surface area (Å²) in [6.07, 6.45) is 0.420. The van der Waals surface area contributed by atoms with Crippen molar-refractivity contribution in [1.82, 2.24) is 0 Å². The van der Waals surface area contributed by atoms with Crippen molar-refractivity contribution in [3.8, 4) is 0 Å². The third kappa shape index (κ3) is 15.6. The first-order chi connectivity index (χ1) is 5.77. The quantitative estimate of drug-likeness (QED) is 0.443. The molecule has 0 fully saturated rings. The molecule has 0 aromatic rings. The van der Waals surface area contributed by atoms with Gasteiger partial charge in [0.15, 0.2) is 0 Å². The maximum atomic E-state index is 10.2. The van der Waals surface area contributed by atoms with Gasteiger partial charge in [-0.25, -0.2) is 0 Å². The minimum absolute atomic E-state index is 0. The molecule has 0 aliphatic carbocycles. The monoisotopic (exact) mass is 373 g/mol. The van der Waals surface area contributed by atoms with Crippen molar-refractivity contribution in [2.45, 2.75) is 0 Å². The van der Waals surface area contributed by atoms with Gasteiger partial charge in [0.2, 0.25) is 0 Å². The van der Waals surface area contributed by atoms with E-state index in [0.29, 0.717) is 6.26 Å². The predicted octanol–water partition coefficient (Wildman–Crippen LogP) is -1.93. The van der Waals surface area contributed by atoms with Crippen LogP contribution in [0.1, 0.15) is 0 Å². The fourth-order valence-corrected chi connectivity index (χ4v) is 1.55. The Morgan fingerprint density at radius 2 is 1.64 bits per heavy atom. The van der Waals surface area contributed by atoms with Gasteiger partial charge < -0.3 is 28.9 Å². The van der Waals surface area contributed by atoms with Crippen LogP contribution in [0, 0.1) is 41.7 Å². The van der Waals surface area contributed by atoms with E-state index < -0.39 is 15.6 Å². The van der Waals surface area contributed by atoms with Crippen LogP contribution in [-0.2, 0) is 18.0 Å². The van der Waals surface area contributed by atoms with Crippen LogP contribution >= 0.6 is 15.6 Å². The van der Waals surface area contributed by atoms with E-state index in [1.54, 1.807) is 0 Å². The van der Waals surface area contributed by atoms with E-state index in [4.69, 9.17) is 5.11 Å². The second-order valence-corrected chi connectivity index (χ2v) is 3.90. The van der Waals surface area contributed by atoms with Crippen molar-refractivity contribution in [1.29, 1.82) is 0 Å². The molecule has 14 heavy (non-hydrogen) atoms. The second-order valence-electron chi connectivity index (χ2n) is 1.25. The molecule has 0 aromatic heterocycles. The first kappa shape index (κ1) is 20.6. The van der Waals surface area contributed by atoms with Crippen molar-refractivity contribution in [2.75, 3.05) is 7.11 Å². The van der Waals surface area contributed by atoms with Crippen LogP contribution in [0.4, 0.5) is 0 Å². The van der Waals surface area contributed by atoms with Gasteiger partial charge in [0.25, 0.3) is 0 Å². The first-order valence-electron chi connectivity index (χ1n) is 2.55. The maximum Gasteiger partial charge on any atom is 3.00 e. The van der Waals surface area contributed by atoms with Crippen LogP contribution in [0.5, 0.6) is 0 Å². The van der Waals surface area contributed by atoms with Crippen molar-refractivity contribution in [2.24, 2.45) is 0 Å². The number of hydrogen-bond donors (Lipinski definition) is 1. The third-order valence-electron chi connectivity index (χ3n) is 0.404. The first-order valence-corrected chi connectivity index (χ1v) is 5.47. The van der Waals surface area contributed by atoms with Crippen molar-refractivity contribution >= 4 is 15.6 Å². The molecule has 0 saturated carbocycles. The Hall–Kier alpha value is 1.18. The van der Waals surface area contributed by atoms with E-state index in [9.17, 15) is 23.8 Å². The van der Waals surface area contributed by atoms with Crippen molar-refractivity contribution in [3.05, 3.63) is 12.8 Å². The summed E-state index contributed by atoms with van der Waals surface area (Å²) in [5.74, 6) is 0. The number of hydrogen-bond acceptors (Lipinski definition) is 8. The van der Waals surface area contributed by atoms with E-state index >= 15 is 0 Å². The Bertz CT molecular complexity index is 235. The molecule has 11 heteroatoms. The Labute approximate surface area is 114 Å². The molecule has 0 aliphatic rings. The van der Waals surface area contributed by atoms with Crippen molar-refractivity contribution in [3.63, 3.8) is 0 Å². The normalized spacial score (nSPS) is 13.8. The largest absolute Gasteiger partial charge is 3.00 e. The average Bonchev–Trinajstić information content (AvgIpc) is 1.85. The van der Waals surface area contributed by atoms with E-state index in [1.165, 1.54) is 0 Å². The number of aliphatic hydroxyl groups is 1. The summed E-state index contributed by atoms with van der Waals surface area (Å²) in [4.78, 5) is 29.6. The summed E-state index contributed by atoms with van der Waals surface area (Å²) >= 11 is 0. The molecular formula is C3H7CeO8P2. The SMILES string of the molecule is C=COP(=O)([O-])OP(=O)([O-])[O-].CO.[Ce+3]. The van der Waals surface area contributed by atoms with Gasteiger partial charge in [-0.15, -0.1) is 0 Å². The fraction of sp³-hybridized carbons (Fsp3) is 0.333. The summed E-state index contributed by atoms with van der Waals surface area (Å²) in [7, 11) is -9.64. The van der Waals surface area contributed by atoms with Gasteiger partial charge in [0, 0.05) is 7.11 Å². The van der Waals surface area contributed by atoms with Gasteiger partial charge in [-0.2, -0.15) is 0 Å². The molecule has 0 saturated heterocycles. The molecule has 81 valence electrons. The molecule has 1 atom stereocenters. The van der Waals surface area contributed by atoms with Gasteiger partial charge in [-0.1, -0.05) is 6.58 Å². The van der Waals surface area contributed by atoms with Crippen molar-refractivity contribution < 1.29 is 79.5 Å². The Morgan fingerprint density at radius 1 is 1.29 bits per heavy atom. The number of aliphatic hydroxyl groups excluding tert-OH is 1. The van der Waals surface area contributed by atoms with Crippen LogP contribution in [0.25, 0.3) is 0 Å². The molecule has 0 heterocycles. The van der Waals surface area contributed by atoms with E-state index in [0.717, 1.165) is 7.11 Å². The molecule has 8 nitrogen and oxygen atoms in total. The predicted molar refractivity (Wildman–Crippen MR) is 35.7 cm³/mol. The second kappa shape index (κ2) is 9.41. The molecule has 0 aliphatic heterocycles.